The van der Waals surface area contributed by atoms with E-state index >= 15 is 0 Å². The standard InChI is InChI=1S/C32H65NO2/c1-4-6-8-10-12-14-16-18-20-22-24-29-33(31(3)27-26-28-32(34)35)30-25-23-21-19-17-15-13-11-9-7-5-2/h31H,4-30H2,1-3H3,(H,34,35). The summed E-state index contributed by atoms with van der Waals surface area (Å²) in [4.78, 5) is 13.6. The summed E-state index contributed by atoms with van der Waals surface area (Å²) in [5.41, 5.74) is 0. The summed E-state index contributed by atoms with van der Waals surface area (Å²) >= 11 is 0. The van der Waals surface area contributed by atoms with Gasteiger partial charge in [0.2, 0.25) is 0 Å². The van der Waals surface area contributed by atoms with Crippen molar-refractivity contribution >= 4 is 5.97 Å². The molecule has 0 amide bonds. The lowest BCUT2D eigenvalue weighted by Gasteiger charge is -2.29. The van der Waals surface area contributed by atoms with Crippen molar-refractivity contribution in [3.8, 4) is 0 Å². The van der Waals surface area contributed by atoms with Gasteiger partial charge in [0.1, 0.15) is 0 Å². The predicted molar refractivity (Wildman–Crippen MR) is 155 cm³/mol. The maximum Gasteiger partial charge on any atom is 0.303 e. The van der Waals surface area contributed by atoms with E-state index < -0.39 is 5.97 Å². The molecule has 0 spiro atoms. The van der Waals surface area contributed by atoms with Gasteiger partial charge in [-0.25, -0.2) is 0 Å². The first-order chi connectivity index (χ1) is 17.1. The minimum atomic E-state index is -0.653. The molecule has 3 nitrogen and oxygen atoms in total. The van der Waals surface area contributed by atoms with E-state index in [9.17, 15) is 4.79 Å². The van der Waals surface area contributed by atoms with Gasteiger partial charge >= 0.3 is 5.97 Å². The average Bonchev–Trinajstić information content (AvgIpc) is 2.84. The van der Waals surface area contributed by atoms with Crippen molar-refractivity contribution < 1.29 is 9.90 Å². The van der Waals surface area contributed by atoms with Crippen LogP contribution in [0, 0.1) is 0 Å². The van der Waals surface area contributed by atoms with E-state index in [0.717, 1.165) is 12.8 Å². The SMILES string of the molecule is CCCCCCCCCCCCCN(CCCCCCCCCCCCC)C(C)CCCC(=O)O. The Morgan fingerprint density at radius 1 is 0.543 bits per heavy atom. The number of carboxylic acid groups (broad SMARTS) is 1. The van der Waals surface area contributed by atoms with E-state index in [-0.39, 0.29) is 0 Å². The highest BCUT2D eigenvalue weighted by Crippen LogP contribution is 2.16. The third-order valence-corrected chi connectivity index (χ3v) is 7.73. The Morgan fingerprint density at radius 3 is 1.17 bits per heavy atom. The second-order valence-electron chi connectivity index (χ2n) is 11.2. The minimum absolute atomic E-state index is 0.315. The molecule has 0 saturated heterocycles. The average molecular weight is 496 g/mol. The Balaban J connectivity index is 3.93. The van der Waals surface area contributed by atoms with Crippen LogP contribution in [0.3, 0.4) is 0 Å². The molecule has 210 valence electrons. The van der Waals surface area contributed by atoms with Gasteiger partial charge in [0.25, 0.3) is 0 Å². The van der Waals surface area contributed by atoms with Crippen LogP contribution in [0.15, 0.2) is 0 Å². The molecule has 1 unspecified atom stereocenters. The van der Waals surface area contributed by atoms with E-state index in [4.69, 9.17) is 5.11 Å². The first-order valence-electron chi connectivity index (χ1n) is 16.1. The van der Waals surface area contributed by atoms with Crippen molar-refractivity contribution in [3.63, 3.8) is 0 Å². The number of hydrogen-bond donors (Lipinski definition) is 1. The Morgan fingerprint density at radius 2 is 0.857 bits per heavy atom. The highest BCUT2D eigenvalue weighted by atomic mass is 16.4. The molecule has 0 aromatic rings. The number of hydrogen-bond acceptors (Lipinski definition) is 2. The summed E-state index contributed by atoms with van der Waals surface area (Å²) in [6.45, 7) is 9.29. The van der Waals surface area contributed by atoms with Crippen LogP contribution in [0.5, 0.6) is 0 Å². The topological polar surface area (TPSA) is 40.5 Å². The zero-order valence-corrected chi connectivity index (χ0v) is 24.5. The van der Waals surface area contributed by atoms with E-state index in [1.54, 1.807) is 0 Å². The van der Waals surface area contributed by atoms with Gasteiger partial charge in [0.15, 0.2) is 0 Å². The van der Waals surface area contributed by atoms with Crippen molar-refractivity contribution in [2.24, 2.45) is 0 Å². The van der Waals surface area contributed by atoms with Crippen molar-refractivity contribution in [2.75, 3.05) is 13.1 Å². The molecular formula is C32H65NO2. The molecule has 0 heterocycles. The molecule has 35 heavy (non-hydrogen) atoms. The highest BCUT2D eigenvalue weighted by Gasteiger charge is 2.13. The number of nitrogens with zero attached hydrogens (tertiary/aromatic N) is 1. The molecular weight excluding hydrogens is 430 g/mol. The van der Waals surface area contributed by atoms with Crippen LogP contribution in [0.1, 0.15) is 181 Å². The molecule has 0 aromatic heterocycles. The van der Waals surface area contributed by atoms with Crippen LogP contribution < -0.4 is 0 Å². The minimum Gasteiger partial charge on any atom is -0.481 e. The summed E-state index contributed by atoms with van der Waals surface area (Å²) in [5, 5.41) is 8.98. The van der Waals surface area contributed by atoms with Gasteiger partial charge in [-0.05, 0) is 45.7 Å². The van der Waals surface area contributed by atoms with E-state index in [1.807, 2.05) is 0 Å². The fourth-order valence-corrected chi connectivity index (χ4v) is 5.24. The molecule has 0 aliphatic rings. The van der Waals surface area contributed by atoms with Gasteiger partial charge in [-0.1, -0.05) is 142 Å². The molecule has 0 saturated carbocycles. The number of rotatable bonds is 29. The number of aliphatic carboxylic acids is 1. The van der Waals surface area contributed by atoms with Crippen molar-refractivity contribution in [3.05, 3.63) is 0 Å². The molecule has 0 aliphatic carbocycles. The molecule has 0 rings (SSSR count). The zero-order valence-electron chi connectivity index (χ0n) is 24.5. The third-order valence-electron chi connectivity index (χ3n) is 7.73. The summed E-state index contributed by atoms with van der Waals surface area (Å²) < 4.78 is 0. The maximum atomic E-state index is 10.9. The van der Waals surface area contributed by atoms with Crippen LogP contribution >= 0.6 is 0 Å². The number of carbonyl (C=O) groups is 1. The lowest BCUT2D eigenvalue weighted by Crippen LogP contribution is -2.35. The molecule has 3 heteroatoms. The molecule has 0 fully saturated rings. The Hall–Kier alpha value is -0.570. The summed E-state index contributed by atoms with van der Waals surface area (Å²) in [6, 6.07) is 0.514. The predicted octanol–water partition coefficient (Wildman–Crippen LogP) is 10.6. The normalized spacial score (nSPS) is 12.5. The van der Waals surface area contributed by atoms with Crippen molar-refractivity contribution in [2.45, 2.75) is 187 Å². The largest absolute Gasteiger partial charge is 0.481 e. The highest BCUT2D eigenvalue weighted by molar-refractivity contribution is 5.66. The number of unbranched alkanes of at least 4 members (excludes halogenated alkanes) is 20. The molecule has 0 aliphatic heterocycles. The molecule has 1 N–H and O–H groups in total. The second-order valence-corrected chi connectivity index (χ2v) is 11.2. The van der Waals surface area contributed by atoms with Gasteiger partial charge < -0.3 is 10.0 Å². The third kappa shape index (κ3) is 26.3. The lowest BCUT2D eigenvalue weighted by atomic mass is 10.0. The Bertz CT molecular complexity index is 400. The van der Waals surface area contributed by atoms with Crippen molar-refractivity contribution in [1.82, 2.24) is 4.90 Å². The maximum absolute atomic E-state index is 10.9. The van der Waals surface area contributed by atoms with Crippen LogP contribution in [0.25, 0.3) is 0 Å². The Kier molecular flexibility index (Phi) is 27.6. The number of carboxylic acids is 1. The van der Waals surface area contributed by atoms with Crippen LogP contribution in [0.2, 0.25) is 0 Å². The summed E-state index contributed by atoms with van der Waals surface area (Å²) in [5.74, 6) is -0.653. The van der Waals surface area contributed by atoms with Gasteiger partial charge in [0, 0.05) is 12.5 Å². The van der Waals surface area contributed by atoms with Gasteiger partial charge in [-0.3, -0.25) is 4.79 Å². The molecule has 0 bridgehead atoms. The fraction of sp³-hybridized carbons (Fsp3) is 0.969. The summed E-state index contributed by atoms with van der Waals surface area (Å²) in [7, 11) is 0. The van der Waals surface area contributed by atoms with Crippen molar-refractivity contribution in [1.29, 1.82) is 0 Å². The first-order valence-corrected chi connectivity index (χ1v) is 16.1. The lowest BCUT2D eigenvalue weighted by molar-refractivity contribution is -0.137. The Labute approximate surface area is 221 Å². The quantitative estimate of drug-likeness (QED) is 0.105. The molecule has 0 radical (unpaired) electrons. The first kappa shape index (κ1) is 34.4. The fourth-order valence-electron chi connectivity index (χ4n) is 5.24. The molecule has 1 atom stereocenters. The smallest absolute Gasteiger partial charge is 0.303 e. The van der Waals surface area contributed by atoms with E-state index in [2.05, 4.69) is 25.7 Å². The molecule has 0 aromatic carbocycles. The van der Waals surface area contributed by atoms with Gasteiger partial charge in [-0.2, -0.15) is 0 Å². The van der Waals surface area contributed by atoms with Crippen LogP contribution in [-0.4, -0.2) is 35.1 Å². The summed E-state index contributed by atoms with van der Waals surface area (Å²) in [6.07, 6.45) is 32.8. The van der Waals surface area contributed by atoms with Gasteiger partial charge in [-0.15, -0.1) is 0 Å². The van der Waals surface area contributed by atoms with Gasteiger partial charge in [0.05, 0.1) is 0 Å². The van der Waals surface area contributed by atoms with E-state index in [1.165, 1.54) is 154 Å². The van der Waals surface area contributed by atoms with Crippen LogP contribution in [-0.2, 0) is 4.79 Å². The zero-order chi connectivity index (χ0) is 25.8. The monoisotopic (exact) mass is 496 g/mol. The second kappa shape index (κ2) is 28.0. The van der Waals surface area contributed by atoms with E-state index in [0.29, 0.717) is 12.5 Å². The van der Waals surface area contributed by atoms with Crippen LogP contribution in [0.4, 0.5) is 0 Å².